The highest BCUT2D eigenvalue weighted by Gasteiger charge is 2.26. The average Bonchev–Trinajstić information content (AvgIpc) is 2.90. The zero-order valence-electron chi connectivity index (χ0n) is 24.6. The summed E-state index contributed by atoms with van der Waals surface area (Å²) in [4.78, 5) is 12.3. The molecule has 0 aromatic heterocycles. The molecule has 220 valence electrons. The monoisotopic (exact) mass is 525 g/mol. The molecule has 37 heavy (non-hydrogen) atoms. The molecule has 0 aromatic rings. The summed E-state index contributed by atoms with van der Waals surface area (Å²) in [5.74, 6) is -0.157. The second-order valence-corrected chi connectivity index (χ2v) is 11.0. The highest BCUT2D eigenvalue weighted by atomic mass is 16.3. The van der Waals surface area contributed by atoms with Crippen molar-refractivity contribution in [2.24, 2.45) is 0 Å². The number of aliphatic hydroxyl groups excluding tert-OH is 3. The second kappa shape index (κ2) is 28.1. The maximum atomic E-state index is 12.3. The van der Waals surface area contributed by atoms with E-state index >= 15 is 0 Å². The van der Waals surface area contributed by atoms with Gasteiger partial charge in [0.25, 0.3) is 0 Å². The number of amides is 1. The minimum absolute atomic E-state index is 0.157. The lowest BCUT2D eigenvalue weighted by Gasteiger charge is -2.26. The summed E-state index contributed by atoms with van der Waals surface area (Å²) in [6, 6.07) is -0.806. The standard InChI is InChI=1S/C32H63NO4/c1-3-5-7-9-11-13-15-17-19-21-23-25-27-31(36)33-29(28-34)32(37)30(35)26-24-22-20-18-16-14-12-10-8-6-4-2/h11,13,29-30,32,34-35,37H,3-10,12,14-28H2,1-2H3,(H,33,36)/b13-11-. The smallest absolute Gasteiger partial charge is 0.220 e. The summed E-state index contributed by atoms with van der Waals surface area (Å²) in [6.07, 6.45) is 28.6. The van der Waals surface area contributed by atoms with E-state index < -0.39 is 18.2 Å². The van der Waals surface area contributed by atoms with Crippen LogP contribution >= 0.6 is 0 Å². The highest BCUT2D eigenvalue weighted by Crippen LogP contribution is 2.15. The number of carbonyl (C=O) groups is 1. The fourth-order valence-electron chi connectivity index (χ4n) is 4.80. The van der Waals surface area contributed by atoms with Crippen molar-refractivity contribution in [1.29, 1.82) is 0 Å². The Morgan fingerprint density at radius 1 is 0.649 bits per heavy atom. The number of allylic oxidation sites excluding steroid dienone is 2. The molecule has 0 aliphatic rings. The van der Waals surface area contributed by atoms with E-state index in [-0.39, 0.29) is 12.5 Å². The van der Waals surface area contributed by atoms with E-state index in [4.69, 9.17) is 0 Å². The van der Waals surface area contributed by atoms with Gasteiger partial charge in [-0.05, 0) is 38.5 Å². The molecule has 1 amide bonds. The van der Waals surface area contributed by atoms with Gasteiger partial charge in [0.15, 0.2) is 0 Å². The van der Waals surface area contributed by atoms with Crippen LogP contribution in [-0.2, 0) is 4.79 Å². The van der Waals surface area contributed by atoms with Crippen LogP contribution in [0.5, 0.6) is 0 Å². The van der Waals surface area contributed by atoms with Gasteiger partial charge in [-0.3, -0.25) is 4.79 Å². The van der Waals surface area contributed by atoms with Gasteiger partial charge < -0.3 is 20.6 Å². The van der Waals surface area contributed by atoms with Crippen molar-refractivity contribution in [3.8, 4) is 0 Å². The predicted molar refractivity (Wildman–Crippen MR) is 158 cm³/mol. The third-order valence-corrected chi connectivity index (χ3v) is 7.37. The van der Waals surface area contributed by atoms with Crippen molar-refractivity contribution in [3.05, 3.63) is 12.2 Å². The van der Waals surface area contributed by atoms with Crippen LogP contribution in [0.4, 0.5) is 0 Å². The topological polar surface area (TPSA) is 89.8 Å². The Morgan fingerprint density at radius 2 is 1.08 bits per heavy atom. The number of nitrogens with one attached hydrogen (secondary N) is 1. The van der Waals surface area contributed by atoms with Gasteiger partial charge in [0.2, 0.25) is 5.91 Å². The largest absolute Gasteiger partial charge is 0.394 e. The lowest BCUT2D eigenvalue weighted by Crippen LogP contribution is -2.50. The van der Waals surface area contributed by atoms with Crippen LogP contribution < -0.4 is 5.32 Å². The first-order chi connectivity index (χ1) is 18.1. The van der Waals surface area contributed by atoms with Gasteiger partial charge in [-0.25, -0.2) is 0 Å². The Labute approximate surface area is 229 Å². The molecule has 0 fully saturated rings. The predicted octanol–water partition coefficient (Wildman–Crippen LogP) is 7.75. The molecule has 0 saturated heterocycles. The molecular formula is C32H63NO4. The number of aliphatic hydroxyl groups is 3. The van der Waals surface area contributed by atoms with Gasteiger partial charge in [-0.2, -0.15) is 0 Å². The Kier molecular flexibility index (Phi) is 27.4. The molecule has 0 saturated carbocycles. The molecule has 0 spiro atoms. The highest BCUT2D eigenvalue weighted by molar-refractivity contribution is 5.76. The van der Waals surface area contributed by atoms with E-state index in [1.54, 1.807) is 0 Å². The Balaban J connectivity index is 3.77. The Bertz CT molecular complexity index is 511. The van der Waals surface area contributed by atoms with Crippen molar-refractivity contribution < 1.29 is 20.1 Å². The maximum Gasteiger partial charge on any atom is 0.220 e. The first-order valence-electron chi connectivity index (χ1n) is 16.0. The normalized spacial score (nSPS) is 14.2. The molecule has 0 aliphatic carbocycles. The van der Waals surface area contributed by atoms with E-state index in [2.05, 4.69) is 31.3 Å². The summed E-state index contributed by atoms with van der Waals surface area (Å²) in [7, 11) is 0. The van der Waals surface area contributed by atoms with Crippen molar-refractivity contribution in [1.82, 2.24) is 5.32 Å². The number of hydrogen-bond donors (Lipinski definition) is 4. The zero-order chi connectivity index (χ0) is 27.4. The number of carbonyl (C=O) groups excluding carboxylic acids is 1. The molecule has 0 rings (SSSR count). The van der Waals surface area contributed by atoms with Gasteiger partial charge in [0, 0.05) is 6.42 Å². The van der Waals surface area contributed by atoms with Gasteiger partial charge in [0.1, 0.15) is 6.10 Å². The average molecular weight is 526 g/mol. The summed E-state index contributed by atoms with van der Waals surface area (Å²) < 4.78 is 0. The molecule has 0 aromatic carbocycles. The number of rotatable bonds is 28. The van der Waals surface area contributed by atoms with E-state index in [1.807, 2.05) is 0 Å². The van der Waals surface area contributed by atoms with Crippen LogP contribution in [0.25, 0.3) is 0 Å². The van der Waals surface area contributed by atoms with E-state index in [9.17, 15) is 20.1 Å². The quantitative estimate of drug-likeness (QED) is 0.0621. The molecule has 3 unspecified atom stereocenters. The van der Waals surface area contributed by atoms with Gasteiger partial charge in [-0.15, -0.1) is 0 Å². The van der Waals surface area contributed by atoms with Crippen LogP contribution in [-0.4, -0.2) is 46.1 Å². The molecule has 5 heteroatoms. The third-order valence-electron chi connectivity index (χ3n) is 7.37. The third kappa shape index (κ3) is 23.9. The second-order valence-electron chi connectivity index (χ2n) is 11.0. The molecule has 5 nitrogen and oxygen atoms in total. The molecule has 0 bridgehead atoms. The van der Waals surface area contributed by atoms with Crippen LogP contribution in [0.15, 0.2) is 12.2 Å². The maximum absolute atomic E-state index is 12.3. The fraction of sp³-hybridized carbons (Fsp3) is 0.906. The molecule has 0 heterocycles. The van der Waals surface area contributed by atoms with Gasteiger partial charge in [-0.1, -0.05) is 129 Å². The molecule has 0 radical (unpaired) electrons. The first kappa shape index (κ1) is 36.1. The van der Waals surface area contributed by atoms with Crippen molar-refractivity contribution in [2.45, 2.75) is 180 Å². The van der Waals surface area contributed by atoms with E-state index in [1.165, 1.54) is 89.9 Å². The van der Waals surface area contributed by atoms with Crippen LogP contribution in [0, 0.1) is 0 Å². The minimum Gasteiger partial charge on any atom is -0.394 e. The van der Waals surface area contributed by atoms with Crippen LogP contribution in [0.3, 0.4) is 0 Å². The molecular weight excluding hydrogens is 462 g/mol. The van der Waals surface area contributed by atoms with Gasteiger partial charge >= 0.3 is 0 Å². The number of hydrogen-bond acceptors (Lipinski definition) is 4. The fourth-order valence-corrected chi connectivity index (χ4v) is 4.80. The van der Waals surface area contributed by atoms with Crippen LogP contribution in [0.2, 0.25) is 0 Å². The SMILES string of the molecule is CCCCC/C=C\CCCCCCCC(=O)NC(CO)C(O)C(O)CCCCCCCCCCCCC. The van der Waals surface area contributed by atoms with Crippen molar-refractivity contribution >= 4 is 5.91 Å². The lowest BCUT2D eigenvalue weighted by atomic mass is 9.99. The summed E-state index contributed by atoms with van der Waals surface area (Å²) in [6.45, 7) is 4.11. The van der Waals surface area contributed by atoms with E-state index in [0.29, 0.717) is 12.8 Å². The van der Waals surface area contributed by atoms with Crippen LogP contribution in [0.1, 0.15) is 162 Å². The summed E-state index contributed by atoms with van der Waals surface area (Å²) >= 11 is 0. The minimum atomic E-state index is -1.13. The molecule has 3 atom stereocenters. The Hall–Kier alpha value is -0.910. The molecule has 4 N–H and O–H groups in total. The lowest BCUT2D eigenvalue weighted by molar-refractivity contribution is -0.124. The van der Waals surface area contributed by atoms with E-state index in [0.717, 1.165) is 44.9 Å². The Morgan fingerprint density at radius 3 is 1.62 bits per heavy atom. The first-order valence-corrected chi connectivity index (χ1v) is 16.0. The van der Waals surface area contributed by atoms with Crippen molar-refractivity contribution in [3.63, 3.8) is 0 Å². The molecule has 0 aliphatic heterocycles. The number of unbranched alkanes of at least 4 members (excludes halogenated alkanes) is 18. The summed E-state index contributed by atoms with van der Waals surface area (Å²) in [5.41, 5.74) is 0. The van der Waals surface area contributed by atoms with Gasteiger partial charge in [0.05, 0.1) is 18.8 Å². The zero-order valence-corrected chi connectivity index (χ0v) is 24.6. The van der Waals surface area contributed by atoms with Crippen molar-refractivity contribution in [2.75, 3.05) is 6.61 Å². The summed E-state index contributed by atoms with van der Waals surface area (Å²) in [5, 5.41) is 33.1.